The molecular formula is C7H9F3N2O2. The SMILES string of the molecule is NC(=O)C1CCN(C(=O)C(F)(F)F)C1. The Labute approximate surface area is 77.8 Å². The van der Waals surface area contributed by atoms with Crippen molar-refractivity contribution in [2.45, 2.75) is 12.6 Å². The minimum absolute atomic E-state index is 0.0635. The average Bonchev–Trinajstić information content (AvgIpc) is 2.48. The first-order chi connectivity index (χ1) is 6.32. The molecule has 0 bridgehead atoms. The van der Waals surface area contributed by atoms with Crippen molar-refractivity contribution in [3.8, 4) is 0 Å². The molecular weight excluding hydrogens is 201 g/mol. The zero-order valence-corrected chi connectivity index (χ0v) is 7.17. The number of nitrogens with two attached hydrogens (primary N) is 1. The third-order valence-corrected chi connectivity index (χ3v) is 2.12. The van der Waals surface area contributed by atoms with E-state index in [9.17, 15) is 22.8 Å². The summed E-state index contributed by atoms with van der Waals surface area (Å²) in [5.41, 5.74) is 4.91. The van der Waals surface area contributed by atoms with E-state index in [4.69, 9.17) is 5.73 Å². The highest BCUT2D eigenvalue weighted by Crippen LogP contribution is 2.23. The predicted molar refractivity (Wildman–Crippen MR) is 39.9 cm³/mol. The molecule has 1 aliphatic heterocycles. The fourth-order valence-corrected chi connectivity index (χ4v) is 1.36. The van der Waals surface area contributed by atoms with Crippen molar-refractivity contribution in [3.63, 3.8) is 0 Å². The van der Waals surface area contributed by atoms with Gasteiger partial charge in [-0.1, -0.05) is 0 Å². The van der Waals surface area contributed by atoms with E-state index in [1.54, 1.807) is 0 Å². The standard InChI is InChI=1S/C7H9F3N2O2/c8-7(9,10)6(14)12-2-1-4(3-12)5(11)13/h4H,1-3H2,(H2,11,13). The Balaban J connectivity index is 2.59. The summed E-state index contributed by atoms with van der Waals surface area (Å²) in [7, 11) is 0. The molecule has 2 N–H and O–H groups in total. The summed E-state index contributed by atoms with van der Waals surface area (Å²) in [6, 6.07) is 0. The van der Waals surface area contributed by atoms with E-state index in [2.05, 4.69) is 0 Å². The lowest BCUT2D eigenvalue weighted by Gasteiger charge is -2.17. The highest BCUT2D eigenvalue weighted by atomic mass is 19.4. The number of likely N-dealkylation sites (tertiary alicyclic amines) is 1. The molecule has 1 fully saturated rings. The van der Waals surface area contributed by atoms with Crippen LogP contribution in [-0.2, 0) is 9.59 Å². The Morgan fingerprint density at radius 1 is 1.36 bits per heavy atom. The van der Waals surface area contributed by atoms with Crippen LogP contribution in [0.2, 0.25) is 0 Å². The molecule has 0 saturated carbocycles. The second-order valence-electron chi connectivity index (χ2n) is 3.14. The summed E-state index contributed by atoms with van der Waals surface area (Å²) in [6.07, 6.45) is -4.66. The number of carbonyl (C=O) groups is 2. The maximum atomic E-state index is 11.9. The van der Waals surface area contributed by atoms with Crippen LogP contribution in [0.15, 0.2) is 0 Å². The van der Waals surface area contributed by atoms with Crippen molar-refractivity contribution >= 4 is 11.8 Å². The first kappa shape index (κ1) is 10.8. The van der Waals surface area contributed by atoms with Gasteiger partial charge in [0, 0.05) is 13.1 Å². The van der Waals surface area contributed by atoms with Gasteiger partial charge in [0.15, 0.2) is 0 Å². The minimum Gasteiger partial charge on any atom is -0.369 e. The topological polar surface area (TPSA) is 63.4 Å². The Morgan fingerprint density at radius 3 is 2.29 bits per heavy atom. The van der Waals surface area contributed by atoms with Crippen LogP contribution >= 0.6 is 0 Å². The molecule has 1 saturated heterocycles. The van der Waals surface area contributed by atoms with Crippen LogP contribution in [0.3, 0.4) is 0 Å². The molecule has 1 rings (SSSR count). The number of hydrogen-bond acceptors (Lipinski definition) is 2. The number of hydrogen-bond donors (Lipinski definition) is 1. The molecule has 80 valence electrons. The molecule has 1 heterocycles. The maximum absolute atomic E-state index is 11.9. The zero-order valence-electron chi connectivity index (χ0n) is 7.17. The van der Waals surface area contributed by atoms with E-state index in [0.29, 0.717) is 4.90 Å². The molecule has 0 aromatic carbocycles. The molecule has 1 aliphatic rings. The van der Waals surface area contributed by atoms with Crippen molar-refractivity contribution < 1.29 is 22.8 Å². The van der Waals surface area contributed by atoms with Crippen LogP contribution in [0.4, 0.5) is 13.2 Å². The highest BCUT2D eigenvalue weighted by Gasteiger charge is 2.45. The molecule has 0 aromatic rings. The number of alkyl halides is 3. The van der Waals surface area contributed by atoms with Crippen LogP contribution in [0.1, 0.15) is 6.42 Å². The van der Waals surface area contributed by atoms with Crippen molar-refractivity contribution in [2.75, 3.05) is 13.1 Å². The van der Waals surface area contributed by atoms with Crippen LogP contribution in [-0.4, -0.2) is 36.0 Å². The van der Waals surface area contributed by atoms with Gasteiger partial charge >= 0.3 is 12.1 Å². The largest absolute Gasteiger partial charge is 0.471 e. The summed E-state index contributed by atoms with van der Waals surface area (Å²) in [5.74, 6) is -3.22. The van der Waals surface area contributed by atoms with Crippen LogP contribution < -0.4 is 5.73 Å². The average molecular weight is 210 g/mol. The Kier molecular flexibility index (Phi) is 2.68. The lowest BCUT2D eigenvalue weighted by Crippen LogP contribution is -2.40. The van der Waals surface area contributed by atoms with E-state index >= 15 is 0 Å². The normalized spacial score (nSPS) is 22.5. The zero-order chi connectivity index (χ0) is 10.9. The lowest BCUT2D eigenvalue weighted by atomic mass is 10.1. The van der Waals surface area contributed by atoms with Crippen molar-refractivity contribution in [1.82, 2.24) is 4.90 Å². The summed E-state index contributed by atoms with van der Waals surface area (Å²) >= 11 is 0. The summed E-state index contributed by atoms with van der Waals surface area (Å²) < 4.78 is 35.8. The smallest absolute Gasteiger partial charge is 0.369 e. The summed E-state index contributed by atoms with van der Waals surface area (Å²) in [6.45, 7) is -0.292. The number of nitrogens with zero attached hydrogens (tertiary/aromatic N) is 1. The molecule has 4 nitrogen and oxygen atoms in total. The van der Waals surface area contributed by atoms with Crippen molar-refractivity contribution in [3.05, 3.63) is 0 Å². The van der Waals surface area contributed by atoms with E-state index < -0.39 is 23.9 Å². The first-order valence-electron chi connectivity index (χ1n) is 3.98. The van der Waals surface area contributed by atoms with Gasteiger partial charge in [-0.05, 0) is 6.42 Å². The van der Waals surface area contributed by atoms with E-state index in [1.165, 1.54) is 0 Å². The quantitative estimate of drug-likeness (QED) is 0.655. The van der Waals surface area contributed by atoms with Crippen molar-refractivity contribution in [2.24, 2.45) is 11.7 Å². The lowest BCUT2D eigenvalue weighted by molar-refractivity contribution is -0.184. The second kappa shape index (κ2) is 3.47. The first-order valence-corrected chi connectivity index (χ1v) is 3.98. The fourth-order valence-electron chi connectivity index (χ4n) is 1.36. The molecule has 14 heavy (non-hydrogen) atoms. The molecule has 2 amide bonds. The van der Waals surface area contributed by atoms with Gasteiger partial charge in [0.05, 0.1) is 5.92 Å². The maximum Gasteiger partial charge on any atom is 0.471 e. The monoisotopic (exact) mass is 210 g/mol. The van der Waals surface area contributed by atoms with E-state index in [-0.39, 0.29) is 19.5 Å². The third-order valence-electron chi connectivity index (χ3n) is 2.12. The van der Waals surface area contributed by atoms with Gasteiger partial charge < -0.3 is 10.6 Å². The van der Waals surface area contributed by atoms with E-state index in [1.807, 2.05) is 0 Å². The second-order valence-corrected chi connectivity index (χ2v) is 3.14. The molecule has 0 aliphatic carbocycles. The van der Waals surface area contributed by atoms with E-state index in [0.717, 1.165) is 0 Å². The molecule has 0 spiro atoms. The Bertz CT molecular complexity index is 264. The number of rotatable bonds is 1. The fraction of sp³-hybridized carbons (Fsp3) is 0.714. The molecule has 1 unspecified atom stereocenters. The van der Waals surface area contributed by atoms with Crippen LogP contribution in [0.5, 0.6) is 0 Å². The Hall–Kier alpha value is -1.27. The van der Waals surface area contributed by atoms with Crippen LogP contribution in [0.25, 0.3) is 0 Å². The van der Waals surface area contributed by atoms with Gasteiger partial charge in [-0.15, -0.1) is 0 Å². The van der Waals surface area contributed by atoms with Gasteiger partial charge in [0.25, 0.3) is 0 Å². The molecule has 7 heteroatoms. The predicted octanol–water partition coefficient (Wildman–Crippen LogP) is -0.118. The number of amides is 2. The highest BCUT2D eigenvalue weighted by molar-refractivity contribution is 5.84. The summed E-state index contributed by atoms with van der Waals surface area (Å²) in [4.78, 5) is 21.9. The van der Waals surface area contributed by atoms with Crippen LogP contribution in [0, 0.1) is 5.92 Å². The van der Waals surface area contributed by atoms with Gasteiger partial charge in [-0.3, -0.25) is 9.59 Å². The van der Waals surface area contributed by atoms with Gasteiger partial charge in [0.2, 0.25) is 5.91 Å². The van der Waals surface area contributed by atoms with Gasteiger partial charge in [0.1, 0.15) is 0 Å². The molecule has 1 atom stereocenters. The van der Waals surface area contributed by atoms with Gasteiger partial charge in [-0.2, -0.15) is 13.2 Å². The Morgan fingerprint density at radius 2 is 1.93 bits per heavy atom. The molecule has 0 radical (unpaired) electrons. The number of halogens is 3. The molecule has 0 aromatic heterocycles. The number of primary amides is 1. The number of carbonyl (C=O) groups excluding carboxylic acids is 2. The van der Waals surface area contributed by atoms with Gasteiger partial charge in [-0.25, -0.2) is 0 Å². The third kappa shape index (κ3) is 2.15. The van der Waals surface area contributed by atoms with Crippen molar-refractivity contribution in [1.29, 1.82) is 0 Å². The summed E-state index contributed by atoms with van der Waals surface area (Å²) in [5, 5.41) is 0. The minimum atomic E-state index is -4.87.